The highest BCUT2D eigenvalue weighted by Gasteiger charge is 2.55. The van der Waals surface area contributed by atoms with Crippen molar-refractivity contribution in [1.82, 2.24) is 29.9 Å². The summed E-state index contributed by atoms with van der Waals surface area (Å²) in [5.74, 6) is -5.90. The van der Waals surface area contributed by atoms with E-state index in [2.05, 4.69) is 15.4 Å². The lowest BCUT2D eigenvalue weighted by Crippen LogP contribution is -2.60. The van der Waals surface area contributed by atoms with Crippen LogP contribution >= 0.6 is 0 Å². The molecule has 65 heavy (non-hydrogen) atoms. The molecule has 3 aliphatic heterocycles. The average molecular weight is 903 g/mol. The number of imidazole rings is 1. The first-order valence-corrected chi connectivity index (χ1v) is 22.7. The molecule has 17 nitrogen and oxygen atoms in total. The first-order valence-electron chi connectivity index (χ1n) is 22.7. The number of esters is 2. The van der Waals surface area contributed by atoms with Crippen LogP contribution in [-0.4, -0.2) is 136 Å². The monoisotopic (exact) mass is 902 g/mol. The van der Waals surface area contributed by atoms with Crippen LogP contribution < -0.4 is 5.43 Å². The van der Waals surface area contributed by atoms with E-state index in [4.69, 9.17) is 28.4 Å². The Balaban J connectivity index is 1.28. The van der Waals surface area contributed by atoms with Gasteiger partial charge >= 0.3 is 18.0 Å². The highest BCUT2D eigenvalue weighted by atomic mass is 16.7. The number of ether oxygens (including phenoxy) is 6. The van der Waals surface area contributed by atoms with E-state index >= 15 is 0 Å². The molecular weight excluding hydrogens is 837 g/mol. The maximum absolute atomic E-state index is 14.8. The van der Waals surface area contributed by atoms with Gasteiger partial charge in [-0.2, -0.15) is 0 Å². The van der Waals surface area contributed by atoms with Crippen LogP contribution in [0.4, 0.5) is 4.79 Å². The number of methoxy groups -OCH3 is 1. The van der Waals surface area contributed by atoms with Gasteiger partial charge in [-0.3, -0.25) is 19.4 Å². The summed E-state index contributed by atoms with van der Waals surface area (Å²) in [6, 6.07) is 11.2. The van der Waals surface area contributed by atoms with Crippen LogP contribution in [0.15, 0.2) is 67.4 Å². The van der Waals surface area contributed by atoms with Gasteiger partial charge in [-0.25, -0.2) is 25.0 Å². The number of amides is 1. The molecule has 1 N–H and O–H groups in total. The Labute approximate surface area is 381 Å². The predicted octanol–water partition coefficient (Wildman–Crippen LogP) is 5.52. The van der Waals surface area contributed by atoms with Gasteiger partial charge < -0.3 is 37.9 Å². The second kappa shape index (κ2) is 21.5. The molecule has 1 aromatic carbocycles. The maximum Gasteiger partial charge on any atom is 0.425 e. The van der Waals surface area contributed by atoms with Crippen LogP contribution in [0.2, 0.25) is 0 Å². The Bertz CT molecular complexity index is 2100. The van der Waals surface area contributed by atoms with E-state index in [-0.39, 0.29) is 30.8 Å². The third-order valence-electron chi connectivity index (χ3n) is 13.3. The fraction of sp³-hybridized carbons (Fsp3) is 0.604. The largest absolute Gasteiger partial charge is 0.458 e. The second-order valence-corrected chi connectivity index (χ2v) is 18.2. The lowest BCUT2D eigenvalue weighted by atomic mass is 9.75. The second-order valence-electron chi connectivity index (χ2n) is 18.2. The SMILES string of the molecule is CC[C@H]1OC(=O)[C@H](C)C(=O)[C@H](C)[C@@H](OC2O[C@H](C)C[C@H](N(C)C)[C@H]2OC(=O)c2ccccc2)[C@@](C)(OC)C[C@@H](C)C(=O)[C@H](C)[C@@H]2C1OC(=O)N2NCCCn1cnc(-c2cccnc2)c1. The predicted molar refractivity (Wildman–Crippen MR) is 238 cm³/mol. The summed E-state index contributed by atoms with van der Waals surface area (Å²) in [6.45, 7) is 13.0. The average Bonchev–Trinajstić information content (AvgIpc) is 3.91. The lowest BCUT2D eigenvalue weighted by molar-refractivity contribution is -0.294. The quantitative estimate of drug-likeness (QED) is 0.0977. The van der Waals surface area contributed by atoms with Gasteiger partial charge in [0.25, 0.3) is 0 Å². The van der Waals surface area contributed by atoms with Gasteiger partial charge in [0.15, 0.2) is 24.3 Å². The number of nitrogens with one attached hydrogen (secondary N) is 1. The zero-order chi connectivity index (χ0) is 47.2. The molecule has 2 unspecified atom stereocenters. The number of likely N-dealkylation sites (N-methyl/N-ethyl adjacent to an activating group) is 1. The molecule has 0 bridgehead atoms. The van der Waals surface area contributed by atoms with Gasteiger partial charge in [-0.1, -0.05) is 45.9 Å². The molecule has 0 saturated carbocycles. The number of benzene rings is 1. The number of Topliss-reactive ketones (excluding diaryl/α,β-unsaturated/α-hetero) is 2. The molecule has 1 amide bonds. The summed E-state index contributed by atoms with van der Waals surface area (Å²) in [5, 5.41) is 1.34. The summed E-state index contributed by atoms with van der Waals surface area (Å²) in [5.41, 5.74) is 3.89. The Morgan fingerprint density at radius 3 is 2.38 bits per heavy atom. The number of aromatic nitrogens is 3. The number of hydrogen-bond donors (Lipinski definition) is 1. The number of nitrogens with zero attached hydrogens (tertiary/aromatic N) is 5. The normalized spacial score (nSPS) is 32.7. The number of hydrogen-bond acceptors (Lipinski definition) is 15. The van der Waals surface area contributed by atoms with E-state index < -0.39 is 89.8 Å². The van der Waals surface area contributed by atoms with Gasteiger partial charge in [0.2, 0.25) is 0 Å². The Hall–Kier alpha value is -5.07. The number of aryl methyl sites for hydroxylation is 1. The molecule has 13 atom stereocenters. The van der Waals surface area contributed by atoms with E-state index in [9.17, 15) is 24.0 Å². The number of ketones is 2. The van der Waals surface area contributed by atoms with Crippen molar-refractivity contribution >= 4 is 29.6 Å². The van der Waals surface area contributed by atoms with Crippen LogP contribution in [0.25, 0.3) is 11.3 Å². The number of carbonyl (C=O) groups is 5. The number of fused-ring (bicyclic) bond motifs is 1. The van der Waals surface area contributed by atoms with Gasteiger partial charge in [0, 0.05) is 62.1 Å². The summed E-state index contributed by atoms with van der Waals surface area (Å²) in [7, 11) is 5.24. The van der Waals surface area contributed by atoms with Crippen LogP contribution in [0, 0.1) is 23.7 Å². The summed E-state index contributed by atoms with van der Waals surface area (Å²) < 4.78 is 39.8. The molecule has 5 heterocycles. The molecule has 3 aliphatic rings. The van der Waals surface area contributed by atoms with E-state index in [1.807, 2.05) is 48.8 Å². The van der Waals surface area contributed by atoms with Gasteiger partial charge in [0.1, 0.15) is 23.8 Å². The molecule has 2 aromatic heterocycles. The molecule has 6 rings (SSSR count). The number of cyclic esters (lactones) is 1. The minimum absolute atomic E-state index is 0.0738. The number of hydrazine groups is 1. The molecule has 17 heteroatoms. The minimum atomic E-state index is -1.35. The summed E-state index contributed by atoms with van der Waals surface area (Å²) in [6.07, 6.45) is 2.24. The zero-order valence-corrected chi connectivity index (χ0v) is 39.2. The van der Waals surface area contributed by atoms with Crippen LogP contribution in [0.3, 0.4) is 0 Å². The van der Waals surface area contributed by atoms with E-state index in [1.54, 1.807) is 83.7 Å². The van der Waals surface area contributed by atoms with E-state index in [1.165, 1.54) is 19.0 Å². The van der Waals surface area contributed by atoms with Crippen LogP contribution in [-0.2, 0) is 49.3 Å². The Kier molecular flexibility index (Phi) is 16.3. The number of carbonyl (C=O) groups excluding carboxylic acids is 5. The zero-order valence-electron chi connectivity index (χ0n) is 39.2. The number of rotatable bonds is 13. The first kappa shape index (κ1) is 49.4. The Morgan fingerprint density at radius 2 is 1.72 bits per heavy atom. The van der Waals surface area contributed by atoms with Crippen molar-refractivity contribution in [1.29, 1.82) is 0 Å². The van der Waals surface area contributed by atoms with Gasteiger partial charge in [-0.15, -0.1) is 0 Å². The van der Waals surface area contributed by atoms with Crippen LogP contribution in [0.1, 0.15) is 84.5 Å². The fourth-order valence-electron chi connectivity index (χ4n) is 9.49. The topological polar surface area (TPSA) is 190 Å². The third-order valence-corrected chi connectivity index (χ3v) is 13.3. The smallest absolute Gasteiger partial charge is 0.425 e. The van der Waals surface area contributed by atoms with Crippen molar-refractivity contribution in [3.05, 3.63) is 72.9 Å². The van der Waals surface area contributed by atoms with Crippen molar-refractivity contribution in [3.63, 3.8) is 0 Å². The molecule has 354 valence electrons. The van der Waals surface area contributed by atoms with E-state index in [0.29, 0.717) is 31.5 Å². The van der Waals surface area contributed by atoms with E-state index in [0.717, 1.165) is 11.3 Å². The van der Waals surface area contributed by atoms with Crippen molar-refractivity contribution in [3.8, 4) is 11.3 Å². The Morgan fingerprint density at radius 1 is 0.985 bits per heavy atom. The maximum atomic E-state index is 14.8. The van der Waals surface area contributed by atoms with Crippen molar-refractivity contribution in [2.75, 3.05) is 27.7 Å². The minimum Gasteiger partial charge on any atom is -0.458 e. The third kappa shape index (κ3) is 11.1. The molecule has 0 aliphatic carbocycles. The van der Waals surface area contributed by atoms with Gasteiger partial charge in [0.05, 0.1) is 41.4 Å². The molecule has 3 saturated heterocycles. The summed E-state index contributed by atoms with van der Waals surface area (Å²) >= 11 is 0. The lowest BCUT2D eigenvalue weighted by Gasteiger charge is -2.47. The highest BCUT2D eigenvalue weighted by molar-refractivity contribution is 6.00. The van der Waals surface area contributed by atoms with Gasteiger partial charge in [-0.05, 0) is 84.8 Å². The number of pyridine rings is 1. The first-order chi connectivity index (χ1) is 31.0. The fourth-order valence-corrected chi connectivity index (χ4v) is 9.49. The van der Waals surface area contributed by atoms with Crippen molar-refractivity contribution in [2.45, 2.75) is 135 Å². The molecule has 3 fully saturated rings. The molecule has 0 spiro atoms. The highest BCUT2D eigenvalue weighted by Crippen LogP contribution is 2.39. The molecular formula is C48H66N6O11. The standard InChI is InChI=1S/C48H66N6O11/c1-11-37-42-38(54(47(59)64-42)51-21-16-22-53-26-35(50-27-53)34-19-15-20-49-25-34)30(4)39(55)28(2)24-48(7,60-10)43(31(5)40(56)32(6)44(57)62-37)65-46-41(36(52(8)9)23-29(3)61-46)63-45(58)33-17-13-12-14-18-33/h12-15,17-20,25-32,36-38,41-43,46,51H,11,16,21-24H2,1-10H3/t28-,29-,30-,31+,32-,36+,37-,38-,41-,42?,43-,46?,48+/m1/s1. The molecule has 3 aromatic rings. The van der Waals surface area contributed by atoms with Crippen LogP contribution in [0.5, 0.6) is 0 Å². The van der Waals surface area contributed by atoms with Crippen molar-refractivity contribution in [2.24, 2.45) is 23.7 Å². The summed E-state index contributed by atoms with van der Waals surface area (Å²) in [4.78, 5) is 81.3. The van der Waals surface area contributed by atoms with Crippen molar-refractivity contribution < 1.29 is 52.4 Å². The molecule has 0 radical (unpaired) electrons.